The summed E-state index contributed by atoms with van der Waals surface area (Å²) in [6, 6.07) is 11.4. The van der Waals surface area contributed by atoms with Crippen LogP contribution in [0.2, 0.25) is 0 Å². The van der Waals surface area contributed by atoms with E-state index in [-0.39, 0.29) is 22.2 Å². The number of halogens is 4. The number of alkyl halides is 3. The summed E-state index contributed by atoms with van der Waals surface area (Å²) in [7, 11) is -1.90. The van der Waals surface area contributed by atoms with Gasteiger partial charge in [0.1, 0.15) is 29.5 Å². The summed E-state index contributed by atoms with van der Waals surface area (Å²) in [6.45, 7) is 3.20. The Morgan fingerprint density at radius 1 is 1.12 bits per heavy atom. The summed E-state index contributed by atoms with van der Waals surface area (Å²) in [5.74, 6) is -0.0236. The summed E-state index contributed by atoms with van der Waals surface area (Å²) < 4.78 is 85.7. The molecule has 2 aliphatic rings. The lowest BCUT2D eigenvalue weighted by Gasteiger charge is -2.25. The zero-order valence-electron chi connectivity index (χ0n) is 22.5. The molecule has 0 aliphatic carbocycles. The van der Waals surface area contributed by atoms with Crippen LogP contribution in [0.1, 0.15) is 18.6 Å². The van der Waals surface area contributed by atoms with E-state index in [1.165, 1.54) is 23.1 Å². The Morgan fingerprint density at radius 3 is 2.49 bits per heavy atom. The second-order valence-corrected chi connectivity index (χ2v) is 11.7. The molecule has 0 fully saturated rings. The van der Waals surface area contributed by atoms with E-state index in [1.807, 2.05) is 0 Å². The number of benzene rings is 2. The third-order valence-electron chi connectivity index (χ3n) is 6.74. The summed E-state index contributed by atoms with van der Waals surface area (Å²) in [5.41, 5.74) is 1.66. The topological polar surface area (TPSA) is 99.5 Å². The minimum Gasteiger partial charge on any atom is -0.440 e. The molecule has 0 bridgehead atoms. The molecule has 5 rings (SSSR count). The molecule has 13 heteroatoms. The molecule has 0 saturated carbocycles. The van der Waals surface area contributed by atoms with Gasteiger partial charge in [-0.15, -0.1) is 0 Å². The average molecular weight is 590 g/mol. The first-order valence-electron chi connectivity index (χ1n) is 12.5. The second kappa shape index (κ2) is 10.4. The maximum absolute atomic E-state index is 14.7. The standard InChI is InChI=1S/C28H27F4N5O3S/c1-15-35-24(28(30,31)32)14-37(15)23-9-8-18(17-6-5-7-20(10-17)41(4,38)39)11-21(23)25-26(40-16(2)36-25)19-12-22(29)27(33-3)34-13-19/h5-15,27,33-35H,1-4H3. The number of oxazole rings is 1. The van der Waals surface area contributed by atoms with Gasteiger partial charge in [-0.25, -0.2) is 17.8 Å². The smallest absolute Gasteiger partial charge is 0.432 e. The SMILES string of the molecule is CNC1NC=C(c2oc(C)nc2-c2cc(-c3cccc(S(C)(=O)=O)c3)ccc2N2C=C(C(F)(F)F)NC2C)C=C1F. The van der Waals surface area contributed by atoms with Crippen molar-refractivity contribution in [1.82, 2.24) is 20.9 Å². The lowest BCUT2D eigenvalue weighted by atomic mass is 9.97. The van der Waals surface area contributed by atoms with Gasteiger partial charge in [-0.05, 0) is 55.4 Å². The highest BCUT2D eigenvalue weighted by molar-refractivity contribution is 7.90. The van der Waals surface area contributed by atoms with Crippen LogP contribution in [-0.2, 0) is 9.84 Å². The fourth-order valence-corrected chi connectivity index (χ4v) is 5.40. The van der Waals surface area contributed by atoms with Crippen LogP contribution in [0.15, 0.2) is 81.8 Å². The molecule has 2 unspecified atom stereocenters. The van der Waals surface area contributed by atoms with Crippen molar-refractivity contribution in [2.45, 2.75) is 37.3 Å². The zero-order chi connectivity index (χ0) is 29.7. The lowest BCUT2D eigenvalue weighted by molar-refractivity contribution is -0.0961. The van der Waals surface area contributed by atoms with Crippen LogP contribution in [-0.4, -0.2) is 45.2 Å². The molecule has 3 heterocycles. The van der Waals surface area contributed by atoms with Crippen molar-refractivity contribution in [1.29, 1.82) is 0 Å². The maximum Gasteiger partial charge on any atom is 0.432 e. The number of aryl methyl sites for hydroxylation is 1. The Kier molecular flexibility index (Phi) is 7.20. The molecule has 2 aromatic carbocycles. The van der Waals surface area contributed by atoms with Crippen molar-refractivity contribution in [2.75, 3.05) is 18.2 Å². The highest BCUT2D eigenvalue weighted by atomic mass is 32.2. The fourth-order valence-electron chi connectivity index (χ4n) is 4.74. The largest absolute Gasteiger partial charge is 0.440 e. The Hall–Kier alpha value is -4.10. The van der Waals surface area contributed by atoms with Crippen LogP contribution < -0.4 is 20.9 Å². The normalized spacial score (nSPS) is 19.3. The number of nitrogens with one attached hydrogen (secondary N) is 3. The van der Waals surface area contributed by atoms with E-state index < -0.39 is 39.9 Å². The van der Waals surface area contributed by atoms with Gasteiger partial charge in [0.2, 0.25) is 0 Å². The third kappa shape index (κ3) is 5.59. The number of hydrogen-bond acceptors (Lipinski definition) is 8. The molecule has 41 heavy (non-hydrogen) atoms. The Bertz CT molecular complexity index is 1710. The Balaban J connectivity index is 1.71. The summed E-state index contributed by atoms with van der Waals surface area (Å²) in [5, 5.41) is 8.14. The molecular weight excluding hydrogens is 562 g/mol. The van der Waals surface area contributed by atoms with Gasteiger partial charge in [-0.2, -0.15) is 13.2 Å². The molecule has 3 aromatic rings. The van der Waals surface area contributed by atoms with E-state index in [0.29, 0.717) is 28.0 Å². The molecule has 2 atom stereocenters. The van der Waals surface area contributed by atoms with Gasteiger partial charge in [-0.1, -0.05) is 18.2 Å². The van der Waals surface area contributed by atoms with E-state index in [9.17, 15) is 26.0 Å². The van der Waals surface area contributed by atoms with Crippen LogP contribution in [0.4, 0.5) is 23.2 Å². The number of nitrogens with zero attached hydrogens (tertiary/aromatic N) is 2. The molecule has 0 spiro atoms. The first-order chi connectivity index (χ1) is 19.3. The van der Waals surface area contributed by atoms with E-state index in [1.54, 1.807) is 57.4 Å². The van der Waals surface area contributed by atoms with Crippen molar-refractivity contribution in [3.8, 4) is 22.4 Å². The molecule has 3 N–H and O–H groups in total. The van der Waals surface area contributed by atoms with Crippen LogP contribution in [0.25, 0.3) is 28.0 Å². The molecule has 0 amide bonds. The number of hydrogen-bond donors (Lipinski definition) is 3. The predicted octanol–water partition coefficient (Wildman–Crippen LogP) is 5.22. The highest BCUT2D eigenvalue weighted by Crippen LogP contribution is 2.42. The average Bonchev–Trinajstić information content (AvgIpc) is 3.50. The van der Waals surface area contributed by atoms with E-state index in [0.717, 1.165) is 12.5 Å². The highest BCUT2D eigenvalue weighted by Gasteiger charge is 2.40. The van der Waals surface area contributed by atoms with Gasteiger partial charge in [0.25, 0.3) is 0 Å². The Labute approximate surface area is 234 Å². The monoisotopic (exact) mass is 589 g/mol. The van der Waals surface area contributed by atoms with Crippen LogP contribution in [0.5, 0.6) is 0 Å². The number of likely N-dealkylation sites (N-methyl/N-ethyl adjacent to an activating group) is 1. The number of anilines is 1. The molecule has 1 aromatic heterocycles. The zero-order valence-corrected chi connectivity index (χ0v) is 23.3. The fraction of sp³-hybridized carbons (Fsp3) is 0.250. The van der Waals surface area contributed by atoms with Gasteiger partial charge in [0.15, 0.2) is 21.5 Å². The quantitative estimate of drug-likeness (QED) is 0.337. The van der Waals surface area contributed by atoms with Crippen molar-refractivity contribution in [2.24, 2.45) is 0 Å². The van der Waals surface area contributed by atoms with Crippen LogP contribution >= 0.6 is 0 Å². The number of allylic oxidation sites excluding steroid dienone is 3. The van der Waals surface area contributed by atoms with Gasteiger partial charge in [-0.3, -0.25) is 5.32 Å². The molecule has 2 aliphatic heterocycles. The van der Waals surface area contributed by atoms with Gasteiger partial charge < -0.3 is 20.0 Å². The molecule has 0 radical (unpaired) electrons. The minimum absolute atomic E-state index is 0.117. The van der Waals surface area contributed by atoms with Gasteiger partial charge in [0.05, 0.1) is 10.6 Å². The van der Waals surface area contributed by atoms with Crippen LogP contribution in [0.3, 0.4) is 0 Å². The van der Waals surface area contributed by atoms with Crippen molar-refractivity contribution < 1.29 is 30.4 Å². The van der Waals surface area contributed by atoms with Crippen molar-refractivity contribution in [3.63, 3.8) is 0 Å². The lowest BCUT2D eigenvalue weighted by Crippen LogP contribution is -2.39. The molecule has 216 valence electrons. The van der Waals surface area contributed by atoms with Gasteiger partial charge >= 0.3 is 6.18 Å². The maximum atomic E-state index is 14.7. The summed E-state index contributed by atoms with van der Waals surface area (Å²) >= 11 is 0. The summed E-state index contributed by atoms with van der Waals surface area (Å²) in [4.78, 5) is 6.10. The van der Waals surface area contributed by atoms with E-state index >= 15 is 0 Å². The minimum atomic E-state index is -4.59. The summed E-state index contributed by atoms with van der Waals surface area (Å²) in [6.07, 6.45) is -1.13. The molecule has 0 saturated heterocycles. The molecule has 8 nitrogen and oxygen atoms in total. The second-order valence-electron chi connectivity index (χ2n) is 9.73. The van der Waals surface area contributed by atoms with E-state index in [4.69, 9.17) is 4.42 Å². The van der Waals surface area contributed by atoms with Crippen LogP contribution in [0, 0.1) is 6.92 Å². The third-order valence-corrected chi connectivity index (χ3v) is 7.85. The number of sulfone groups is 1. The van der Waals surface area contributed by atoms with Crippen molar-refractivity contribution in [3.05, 3.63) is 84.1 Å². The Morgan fingerprint density at radius 2 is 1.85 bits per heavy atom. The first kappa shape index (κ1) is 28.4. The van der Waals surface area contributed by atoms with E-state index in [2.05, 4.69) is 20.9 Å². The van der Waals surface area contributed by atoms with Gasteiger partial charge in [0, 0.05) is 36.7 Å². The predicted molar refractivity (Wildman–Crippen MR) is 148 cm³/mol. The van der Waals surface area contributed by atoms with Crippen molar-refractivity contribution >= 4 is 21.1 Å². The number of dihydropyridines is 1. The first-order valence-corrected chi connectivity index (χ1v) is 14.4. The number of rotatable bonds is 6. The number of aromatic nitrogens is 1. The molecular formula is C28H27F4N5O3S.